The maximum Gasteiger partial charge on any atom is 0.410 e. The van der Waals surface area contributed by atoms with Crippen molar-refractivity contribution in [2.45, 2.75) is 39.2 Å². The number of carbonyl (C=O) groups excluding carboxylic acids is 1. The van der Waals surface area contributed by atoms with Crippen molar-refractivity contribution >= 4 is 27.9 Å². The number of likely N-dealkylation sites (tertiary alicyclic amines) is 1. The van der Waals surface area contributed by atoms with Crippen molar-refractivity contribution in [1.29, 1.82) is 0 Å². The van der Waals surface area contributed by atoms with Gasteiger partial charge in [-0.15, -0.1) is 0 Å². The molecule has 0 bridgehead atoms. The quantitative estimate of drug-likeness (QED) is 0.328. The van der Waals surface area contributed by atoms with E-state index in [-0.39, 0.29) is 23.6 Å². The molecule has 4 aromatic rings. The maximum absolute atomic E-state index is 15.0. The predicted molar refractivity (Wildman–Crippen MR) is 140 cm³/mol. The van der Waals surface area contributed by atoms with Gasteiger partial charge < -0.3 is 28.8 Å². The zero-order valence-corrected chi connectivity index (χ0v) is 21.9. The van der Waals surface area contributed by atoms with Crippen molar-refractivity contribution in [2.24, 2.45) is 5.92 Å². The van der Waals surface area contributed by atoms with Gasteiger partial charge >= 0.3 is 6.09 Å². The van der Waals surface area contributed by atoms with Gasteiger partial charge in [0, 0.05) is 36.3 Å². The minimum atomic E-state index is -0.517. The number of benzene rings is 2. The molecular formula is C28H31FN4O5. The number of hydrogen-bond acceptors (Lipinski definition) is 7. The molecule has 1 N–H and O–H groups in total. The lowest BCUT2D eigenvalue weighted by Crippen LogP contribution is -2.42. The van der Waals surface area contributed by atoms with E-state index in [1.165, 1.54) is 6.33 Å². The van der Waals surface area contributed by atoms with Crippen LogP contribution in [0.5, 0.6) is 23.1 Å². The zero-order valence-electron chi connectivity index (χ0n) is 21.9. The van der Waals surface area contributed by atoms with E-state index in [9.17, 15) is 4.79 Å². The number of nitrogens with one attached hydrogen (secondary N) is 1. The number of nitrogens with zero attached hydrogens (tertiary/aromatic N) is 3. The van der Waals surface area contributed by atoms with Gasteiger partial charge in [-0.3, -0.25) is 0 Å². The molecule has 0 aliphatic carbocycles. The molecule has 1 amide bonds. The third-order valence-corrected chi connectivity index (χ3v) is 6.46. The summed E-state index contributed by atoms with van der Waals surface area (Å²) in [4.78, 5) is 25.6. The second-order valence-electron chi connectivity index (χ2n) is 10.3. The Labute approximate surface area is 219 Å². The number of halogens is 1. The van der Waals surface area contributed by atoms with Gasteiger partial charge in [-0.1, -0.05) is 0 Å². The van der Waals surface area contributed by atoms with Crippen LogP contribution in [0, 0.1) is 11.7 Å². The number of piperidine rings is 1. The zero-order chi connectivity index (χ0) is 26.9. The van der Waals surface area contributed by atoms with Crippen molar-refractivity contribution in [2.75, 3.05) is 26.8 Å². The molecule has 1 fully saturated rings. The number of ether oxygens (including phenoxy) is 4. The lowest BCUT2D eigenvalue weighted by molar-refractivity contribution is 0.0164. The van der Waals surface area contributed by atoms with Gasteiger partial charge in [0.25, 0.3) is 0 Å². The van der Waals surface area contributed by atoms with Crippen LogP contribution >= 0.6 is 0 Å². The van der Waals surface area contributed by atoms with Crippen molar-refractivity contribution in [3.05, 3.63) is 48.7 Å². The van der Waals surface area contributed by atoms with Crippen LogP contribution in [0.15, 0.2) is 42.9 Å². The highest BCUT2D eigenvalue weighted by molar-refractivity contribution is 5.87. The molecular weight excluding hydrogens is 491 g/mol. The standard InChI is InChI=1S/C28H31FN4O5/c1-28(2,3)38-27(34)33-11-8-17(9-12-33)15-36-24-13-19-21(14-23(24)35-4)31-16-32-26(19)37-22-6-5-20-18(25(22)29)7-10-30-20/h5-7,10,13-14,16-17,30H,8-9,11-12,15H2,1-4H3. The van der Waals surface area contributed by atoms with Crippen LogP contribution in [0.25, 0.3) is 21.8 Å². The molecule has 0 unspecified atom stereocenters. The first kappa shape index (κ1) is 25.6. The number of aromatic amines is 1. The van der Waals surface area contributed by atoms with Crippen LogP contribution in [0.4, 0.5) is 9.18 Å². The van der Waals surface area contributed by atoms with Gasteiger partial charge in [-0.05, 0) is 63.8 Å². The summed E-state index contributed by atoms with van der Waals surface area (Å²) >= 11 is 0. The van der Waals surface area contributed by atoms with Gasteiger partial charge in [0.05, 0.1) is 24.6 Å². The Morgan fingerprint density at radius 2 is 1.87 bits per heavy atom. The maximum atomic E-state index is 15.0. The number of carbonyl (C=O) groups is 1. The Morgan fingerprint density at radius 1 is 1.08 bits per heavy atom. The Hall–Kier alpha value is -4.08. The van der Waals surface area contributed by atoms with Crippen LogP contribution in [-0.4, -0.2) is 58.4 Å². The summed E-state index contributed by atoms with van der Waals surface area (Å²) in [5.41, 5.74) is 0.740. The van der Waals surface area contributed by atoms with E-state index in [1.807, 2.05) is 20.8 Å². The number of methoxy groups -OCH3 is 1. The molecule has 200 valence electrons. The first-order chi connectivity index (χ1) is 18.2. The monoisotopic (exact) mass is 522 g/mol. The van der Waals surface area contributed by atoms with Gasteiger partial charge in [-0.2, -0.15) is 0 Å². The molecule has 1 saturated heterocycles. The van der Waals surface area contributed by atoms with E-state index < -0.39 is 11.4 Å². The van der Waals surface area contributed by atoms with E-state index in [0.717, 1.165) is 12.8 Å². The molecule has 0 spiro atoms. The van der Waals surface area contributed by atoms with Crippen LogP contribution in [0.3, 0.4) is 0 Å². The number of rotatable bonds is 6. The number of aromatic nitrogens is 3. The highest BCUT2D eigenvalue weighted by atomic mass is 19.1. The summed E-state index contributed by atoms with van der Waals surface area (Å²) in [7, 11) is 1.56. The van der Waals surface area contributed by atoms with E-state index in [4.69, 9.17) is 18.9 Å². The van der Waals surface area contributed by atoms with Crippen LogP contribution in [0.1, 0.15) is 33.6 Å². The predicted octanol–water partition coefficient (Wildman–Crippen LogP) is 6.08. The third kappa shape index (κ3) is 5.44. The smallest absolute Gasteiger partial charge is 0.410 e. The lowest BCUT2D eigenvalue weighted by Gasteiger charge is -2.33. The Balaban J connectivity index is 1.31. The fourth-order valence-electron chi connectivity index (χ4n) is 4.47. The molecule has 38 heavy (non-hydrogen) atoms. The normalized spacial score (nSPS) is 14.6. The number of H-pyrrole nitrogens is 1. The van der Waals surface area contributed by atoms with E-state index in [1.54, 1.807) is 48.5 Å². The fourth-order valence-corrected chi connectivity index (χ4v) is 4.47. The van der Waals surface area contributed by atoms with Crippen LogP contribution < -0.4 is 14.2 Å². The Bertz CT molecular complexity index is 1460. The highest BCUT2D eigenvalue weighted by Crippen LogP contribution is 2.37. The average molecular weight is 523 g/mol. The molecule has 1 aliphatic rings. The average Bonchev–Trinajstić information content (AvgIpc) is 3.38. The molecule has 2 aromatic carbocycles. The topological polar surface area (TPSA) is 98.8 Å². The van der Waals surface area contributed by atoms with E-state index >= 15 is 4.39 Å². The van der Waals surface area contributed by atoms with Crippen LogP contribution in [0.2, 0.25) is 0 Å². The van der Waals surface area contributed by atoms with Crippen molar-refractivity contribution < 1.29 is 28.1 Å². The first-order valence-electron chi connectivity index (χ1n) is 12.6. The summed E-state index contributed by atoms with van der Waals surface area (Å²) in [6.07, 6.45) is 4.35. The summed E-state index contributed by atoms with van der Waals surface area (Å²) in [5.74, 6) is 1.09. The van der Waals surface area contributed by atoms with E-state index in [0.29, 0.717) is 53.0 Å². The molecule has 0 radical (unpaired) electrons. The number of fused-ring (bicyclic) bond motifs is 2. The fraction of sp³-hybridized carbons (Fsp3) is 0.393. The van der Waals surface area contributed by atoms with Gasteiger partial charge in [0.15, 0.2) is 23.1 Å². The molecule has 0 atom stereocenters. The first-order valence-corrected chi connectivity index (χ1v) is 12.6. The molecule has 3 heterocycles. The van der Waals surface area contributed by atoms with Gasteiger partial charge in [0.2, 0.25) is 5.88 Å². The molecule has 9 nitrogen and oxygen atoms in total. The van der Waals surface area contributed by atoms with Crippen molar-refractivity contribution in [3.8, 4) is 23.1 Å². The second kappa shape index (κ2) is 10.4. The minimum absolute atomic E-state index is 0.0622. The summed E-state index contributed by atoms with van der Waals surface area (Å²) in [6.45, 7) is 7.26. The third-order valence-electron chi connectivity index (χ3n) is 6.46. The highest BCUT2D eigenvalue weighted by Gasteiger charge is 2.27. The summed E-state index contributed by atoms with van der Waals surface area (Å²) in [5, 5.41) is 1.00. The summed E-state index contributed by atoms with van der Waals surface area (Å²) in [6, 6.07) is 8.47. The summed E-state index contributed by atoms with van der Waals surface area (Å²) < 4.78 is 38.1. The second-order valence-corrected chi connectivity index (χ2v) is 10.3. The molecule has 2 aromatic heterocycles. The Morgan fingerprint density at radius 3 is 2.61 bits per heavy atom. The van der Waals surface area contributed by atoms with Crippen LogP contribution in [-0.2, 0) is 4.74 Å². The van der Waals surface area contributed by atoms with Crippen molar-refractivity contribution in [1.82, 2.24) is 19.9 Å². The molecule has 0 saturated carbocycles. The van der Waals surface area contributed by atoms with Gasteiger partial charge in [-0.25, -0.2) is 19.2 Å². The minimum Gasteiger partial charge on any atom is -0.493 e. The van der Waals surface area contributed by atoms with Gasteiger partial charge in [0.1, 0.15) is 11.9 Å². The molecule has 10 heteroatoms. The molecule has 1 aliphatic heterocycles. The molecule has 5 rings (SSSR count). The largest absolute Gasteiger partial charge is 0.493 e. The Kier molecular flexibility index (Phi) is 6.96. The van der Waals surface area contributed by atoms with E-state index in [2.05, 4.69) is 15.0 Å². The van der Waals surface area contributed by atoms with Crippen molar-refractivity contribution in [3.63, 3.8) is 0 Å². The number of amides is 1. The number of hydrogen-bond donors (Lipinski definition) is 1. The lowest BCUT2D eigenvalue weighted by atomic mass is 9.98. The SMILES string of the molecule is COc1cc2ncnc(Oc3ccc4[nH]ccc4c3F)c2cc1OCC1CCN(C(=O)OC(C)(C)C)CC1.